The SMILES string of the molecule is Cc1ccc(NC(=O)CN2C3CC2CN(c2cc(C)ncn2)C3)c(C)c1. The number of anilines is 2. The van der Waals surface area contributed by atoms with Crippen LogP contribution in [-0.4, -0.2) is 52.5 Å². The van der Waals surface area contributed by atoms with Gasteiger partial charge in [0.2, 0.25) is 5.91 Å². The number of fused-ring (bicyclic) bond motifs is 2. The van der Waals surface area contributed by atoms with E-state index >= 15 is 0 Å². The normalized spacial score (nSPS) is 22.0. The first kappa shape index (κ1) is 17.0. The average Bonchev–Trinajstić information content (AvgIpc) is 2.62. The molecule has 6 nitrogen and oxygen atoms in total. The molecule has 3 saturated heterocycles. The number of aromatic nitrogens is 2. The van der Waals surface area contributed by atoms with E-state index in [1.807, 2.05) is 32.0 Å². The summed E-state index contributed by atoms with van der Waals surface area (Å²) in [4.78, 5) is 25.7. The van der Waals surface area contributed by atoms with Crippen molar-refractivity contribution in [1.82, 2.24) is 14.9 Å². The summed E-state index contributed by atoms with van der Waals surface area (Å²) in [5.41, 5.74) is 4.20. The van der Waals surface area contributed by atoms with Crippen LogP contribution in [0.25, 0.3) is 0 Å². The monoisotopic (exact) mass is 351 g/mol. The van der Waals surface area contributed by atoms with Gasteiger partial charge in [-0.15, -0.1) is 0 Å². The van der Waals surface area contributed by atoms with E-state index in [4.69, 9.17) is 0 Å². The minimum atomic E-state index is 0.0676. The zero-order chi connectivity index (χ0) is 18.3. The standard InChI is InChI=1S/C20H25N5O/c1-13-4-5-18(14(2)6-13)23-20(26)11-25-16-8-17(25)10-24(9-16)19-7-15(3)21-12-22-19/h4-7,12,16-17H,8-11H2,1-3H3,(H,23,26). The molecule has 5 rings (SSSR count). The first-order chi connectivity index (χ1) is 12.5. The summed E-state index contributed by atoms with van der Waals surface area (Å²) >= 11 is 0. The molecule has 1 amide bonds. The van der Waals surface area contributed by atoms with Crippen LogP contribution in [-0.2, 0) is 4.79 Å². The van der Waals surface area contributed by atoms with Crippen molar-refractivity contribution in [1.29, 1.82) is 0 Å². The molecule has 0 spiro atoms. The highest BCUT2D eigenvalue weighted by Gasteiger charge is 2.45. The first-order valence-corrected chi connectivity index (χ1v) is 9.16. The number of nitrogens with one attached hydrogen (secondary N) is 1. The maximum absolute atomic E-state index is 12.5. The number of piperidine rings is 1. The molecule has 0 radical (unpaired) electrons. The Labute approximate surface area is 154 Å². The van der Waals surface area contributed by atoms with Crippen LogP contribution in [0.15, 0.2) is 30.6 Å². The number of amides is 1. The van der Waals surface area contributed by atoms with E-state index in [1.165, 1.54) is 5.56 Å². The minimum absolute atomic E-state index is 0.0676. The molecule has 6 heteroatoms. The number of carbonyl (C=O) groups is 1. The minimum Gasteiger partial charge on any atom is -0.353 e. The predicted molar refractivity (Wildman–Crippen MR) is 102 cm³/mol. The third-order valence-electron chi connectivity index (χ3n) is 5.44. The Morgan fingerprint density at radius 3 is 2.62 bits per heavy atom. The molecule has 3 fully saturated rings. The van der Waals surface area contributed by atoms with Crippen molar-refractivity contribution >= 4 is 17.4 Å². The van der Waals surface area contributed by atoms with Crippen molar-refractivity contribution in [2.24, 2.45) is 0 Å². The summed E-state index contributed by atoms with van der Waals surface area (Å²) < 4.78 is 0. The van der Waals surface area contributed by atoms with E-state index in [0.717, 1.165) is 42.3 Å². The first-order valence-electron chi connectivity index (χ1n) is 9.16. The maximum Gasteiger partial charge on any atom is 0.238 e. The Balaban J connectivity index is 1.35. The van der Waals surface area contributed by atoms with Crippen molar-refractivity contribution < 1.29 is 4.79 Å². The van der Waals surface area contributed by atoms with Gasteiger partial charge >= 0.3 is 0 Å². The van der Waals surface area contributed by atoms with Crippen LogP contribution >= 0.6 is 0 Å². The lowest BCUT2D eigenvalue weighted by molar-refractivity contribution is -0.121. The Morgan fingerprint density at radius 1 is 1.15 bits per heavy atom. The molecule has 1 N–H and O–H groups in total. The van der Waals surface area contributed by atoms with Crippen molar-refractivity contribution in [3.8, 4) is 0 Å². The predicted octanol–water partition coefficient (Wildman–Crippen LogP) is 2.30. The molecule has 2 bridgehead atoms. The van der Waals surface area contributed by atoms with Gasteiger partial charge in [0.15, 0.2) is 0 Å². The molecule has 0 aliphatic carbocycles. The number of rotatable bonds is 4. The Bertz CT molecular complexity index is 825. The van der Waals surface area contributed by atoms with Crippen LogP contribution in [0.1, 0.15) is 23.2 Å². The number of benzene rings is 1. The number of carbonyl (C=O) groups excluding carboxylic acids is 1. The molecule has 1 aromatic carbocycles. The molecule has 0 saturated carbocycles. The molecule has 26 heavy (non-hydrogen) atoms. The highest BCUT2D eigenvalue weighted by Crippen LogP contribution is 2.33. The lowest BCUT2D eigenvalue weighted by atomic mass is 9.87. The van der Waals surface area contributed by atoms with Gasteiger partial charge in [-0.05, 0) is 38.8 Å². The fourth-order valence-electron chi connectivity index (χ4n) is 4.06. The van der Waals surface area contributed by atoms with E-state index < -0.39 is 0 Å². The zero-order valence-corrected chi connectivity index (χ0v) is 15.6. The second kappa shape index (κ2) is 6.68. The zero-order valence-electron chi connectivity index (χ0n) is 15.6. The van der Waals surface area contributed by atoms with Gasteiger partial charge in [0.1, 0.15) is 12.1 Å². The average molecular weight is 351 g/mol. The molecule has 2 aromatic rings. The third-order valence-corrected chi connectivity index (χ3v) is 5.44. The van der Waals surface area contributed by atoms with Crippen LogP contribution in [0.4, 0.5) is 11.5 Å². The molecule has 2 atom stereocenters. The Hall–Kier alpha value is -2.47. The van der Waals surface area contributed by atoms with Crippen LogP contribution in [0.2, 0.25) is 0 Å². The van der Waals surface area contributed by atoms with Crippen LogP contribution in [0.3, 0.4) is 0 Å². The largest absolute Gasteiger partial charge is 0.353 e. The van der Waals surface area contributed by atoms with E-state index in [-0.39, 0.29) is 5.91 Å². The molecular weight excluding hydrogens is 326 g/mol. The Morgan fingerprint density at radius 2 is 1.92 bits per heavy atom. The van der Waals surface area contributed by atoms with E-state index in [9.17, 15) is 4.79 Å². The van der Waals surface area contributed by atoms with Gasteiger partial charge in [-0.25, -0.2) is 9.97 Å². The topological polar surface area (TPSA) is 61.4 Å². The van der Waals surface area contributed by atoms with Crippen molar-refractivity contribution in [3.63, 3.8) is 0 Å². The maximum atomic E-state index is 12.5. The second-order valence-electron chi connectivity index (χ2n) is 7.50. The fraction of sp³-hybridized carbons (Fsp3) is 0.450. The third kappa shape index (κ3) is 3.29. The highest BCUT2D eigenvalue weighted by atomic mass is 16.2. The van der Waals surface area contributed by atoms with Crippen LogP contribution < -0.4 is 10.2 Å². The van der Waals surface area contributed by atoms with Gasteiger partial charge in [-0.3, -0.25) is 9.69 Å². The summed E-state index contributed by atoms with van der Waals surface area (Å²) in [5.74, 6) is 1.06. The molecule has 1 aromatic heterocycles. The van der Waals surface area contributed by atoms with Crippen molar-refractivity contribution in [3.05, 3.63) is 47.4 Å². The fourth-order valence-corrected chi connectivity index (χ4v) is 4.06. The lowest BCUT2D eigenvalue weighted by Gasteiger charge is -2.56. The summed E-state index contributed by atoms with van der Waals surface area (Å²) in [6.07, 6.45) is 2.79. The molecule has 3 aliphatic rings. The van der Waals surface area contributed by atoms with Gasteiger partial charge in [0.25, 0.3) is 0 Å². The molecule has 136 valence electrons. The molecular formula is C20H25N5O. The van der Waals surface area contributed by atoms with E-state index in [0.29, 0.717) is 18.6 Å². The van der Waals surface area contributed by atoms with Crippen molar-refractivity contribution in [2.75, 3.05) is 29.9 Å². The molecule has 3 aliphatic heterocycles. The molecule has 4 heterocycles. The summed E-state index contributed by atoms with van der Waals surface area (Å²) in [7, 11) is 0. The summed E-state index contributed by atoms with van der Waals surface area (Å²) in [6.45, 7) is 8.37. The van der Waals surface area contributed by atoms with Crippen LogP contribution in [0, 0.1) is 20.8 Å². The van der Waals surface area contributed by atoms with Crippen molar-refractivity contribution in [2.45, 2.75) is 39.3 Å². The summed E-state index contributed by atoms with van der Waals surface area (Å²) in [6, 6.07) is 8.99. The van der Waals surface area contributed by atoms with Gasteiger partial charge in [-0.1, -0.05) is 17.7 Å². The number of piperazine rings is 1. The summed E-state index contributed by atoms with van der Waals surface area (Å²) in [5, 5.41) is 3.06. The van der Waals surface area contributed by atoms with Crippen LogP contribution in [0.5, 0.6) is 0 Å². The number of nitrogens with zero attached hydrogens (tertiary/aromatic N) is 4. The molecule has 2 unspecified atom stereocenters. The van der Waals surface area contributed by atoms with Gasteiger partial charge in [-0.2, -0.15) is 0 Å². The quantitative estimate of drug-likeness (QED) is 0.916. The van der Waals surface area contributed by atoms with Gasteiger partial charge in [0.05, 0.1) is 6.54 Å². The van der Waals surface area contributed by atoms with E-state index in [1.54, 1.807) is 6.33 Å². The second-order valence-corrected chi connectivity index (χ2v) is 7.50. The Kier molecular flexibility index (Phi) is 4.36. The number of aryl methyl sites for hydroxylation is 3. The lowest BCUT2D eigenvalue weighted by Crippen LogP contribution is -2.69. The number of hydrogen-bond acceptors (Lipinski definition) is 5. The van der Waals surface area contributed by atoms with E-state index in [2.05, 4.69) is 38.1 Å². The number of hydrogen-bond donors (Lipinski definition) is 1. The van der Waals surface area contributed by atoms with Gasteiger partial charge in [0, 0.05) is 42.6 Å². The highest BCUT2D eigenvalue weighted by molar-refractivity contribution is 5.93. The smallest absolute Gasteiger partial charge is 0.238 e. The van der Waals surface area contributed by atoms with Gasteiger partial charge < -0.3 is 10.2 Å².